The van der Waals surface area contributed by atoms with E-state index in [2.05, 4.69) is 21.2 Å². The smallest absolute Gasteiger partial charge is 0.282 e. The molecule has 3 aromatic carbocycles. The Kier molecular flexibility index (Phi) is 4.79. The molecule has 1 aliphatic heterocycles. The van der Waals surface area contributed by atoms with Crippen LogP contribution in [0.2, 0.25) is 0 Å². The number of nitrogens with zero attached hydrogens (tertiary/aromatic N) is 1. The first-order chi connectivity index (χ1) is 13.5. The molecule has 138 valence electrons. The van der Waals surface area contributed by atoms with E-state index >= 15 is 0 Å². The van der Waals surface area contributed by atoms with Gasteiger partial charge in [0.15, 0.2) is 0 Å². The van der Waals surface area contributed by atoms with Crippen molar-refractivity contribution in [2.75, 3.05) is 10.2 Å². The first-order valence-corrected chi connectivity index (χ1v) is 9.30. The molecule has 1 N–H and O–H groups in total. The first kappa shape index (κ1) is 18.1. The minimum atomic E-state index is -0.490. The fourth-order valence-electron chi connectivity index (χ4n) is 3.05. The molecule has 0 saturated carbocycles. The zero-order valence-corrected chi connectivity index (χ0v) is 16.1. The maximum Gasteiger partial charge on any atom is 0.282 e. The number of benzene rings is 3. The van der Waals surface area contributed by atoms with Crippen molar-refractivity contribution in [3.05, 3.63) is 100 Å². The molecule has 0 fully saturated rings. The number of imide groups is 1. The maximum absolute atomic E-state index is 13.3. The molecule has 0 unspecified atom stereocenters. The molecule has 4 rings (SSSR count). The lowest BCUT2D eigenvalue weighted by Crippen LogP contribution is -2.32. The summed E-state index contributed by atoms with van der Waals surface area (Å²) in [6.45, 7) is 0. The molecule has 0 spiro atoms. The fraction of sp³-hybridized carbons (Fsp3) is 0. The van der Waals surface area contributed by atoms with Crippen molar-refractivity contribution in [2.45, 2.75) is 0 Å². The summed E-state index contributed by atoms with van der Waals surface area (Å²) in [7, 11) is 0. The summed E-state index contributed by atoms with van der Waals surface area (Å²) in [5.74, 6) is -1.39. The standard InChI is InChI=1S/C22H14BrFN2O2/c23-15-7-4-8-17(13-15)25-20-19(14-5-2-1-3-6-14)21(27)26(22(20)28)18-11-9-16(24)10-12-18/h1-13,25H. The number of nitrogens with one attached hydrogen (secondary N) is 1. The van der Waals surface area contributed by atoms with Gasteiger partial charge in [-0.15, -0.1) is 0 Å². The van der Waals surface area contributed by atoms with Crippen LogP contribution in [-0.4, -0.2) is 11.8 Å². The van der Waals surface area contributed by atoms with E-state index in [0.717, 1.165) is 9.37 Å². The van der Waals surface area contributed by atoms with Gasteiger partial charge >= 0.3 is 0 Å². The molecule has 3 aromatic rings. The predicted molar refractivity (Wildman–Crippen MR) is 110 cm³/mol. The molecule has 6 heteroatoms. The third-order valence-corrected chi connectivity index (χ3v) is 4.82. The summed E-state index contributed by atoms with van der Waals surface area (Å²) >= 11 is 3.40. The maximum atomic E-state index is 13.3. The molecular weight excluding hydrogens is 423 g/mol. The first-order valence-electron chi connectivity index (χ1n) is 8.51. The molecule has 4 nitrogen and oxygen atoms in total. The second kappa shape index (κ2) is 7.40. The second-order valence-corrected chi connectivity index (χ2v) is 7.09. The summed E-state index contributed by atoms with van der Waals surface area (Å²) in [5, 5.41) is 3.09. The molecule has 0 radical (unpaired) electrons. The van der Waals surface area contributed by atoms with Gasteiger partial charge in [0.05, 0.1) is 11.3 Å². The Bertz CT molecular complexity index is 1100. The van der Waals surface area contributed by atoms with Crippen LogP contribution < -0.4 is 10.2 Å². The van der Waals surface area contributed by atoms with Gasteiger partial charge in [0.25, 0.3) is 11.8 Å². The number of halogens is 2. The molecular formula is C22H14BrFN2O2. The van der Waals surface area contributed by atoms with E-state index in [4.69, 9.17) is 0 Å². The van der Waals surface area contributed by atoms with Crippen molar-refractivity contribution in [2.24, 2.45) is 0 Å². The van der Waals surface area contributed by atoms with Crippen LogP contribution in [0, 0.1) is 5.82 Å². The Labute approximate surface area is 169 Å². The quantitative estimate of drug-likeness (QED) is 0.586. The fourth-order valence-corrected chi connectivity index (χ4v) is 3.45. The van der Waals surface area contributed by atoms with Gasteiger partial charge in [0.2, 0.25) is 0 Å². The van der Waals surface area contributed by atoms with Crippen molar-refractivity contribution in [3.8, 4) is 0 Å². The Morgan fingerprint density at radius 3 is 2.21 bits per heavy atom. The third kappa shape index (κ3) is 3.34. The summed E-state index contributed by atoms with van der Waals surface area (Å²) < 4.78 is 14.1. The minimum absolute atomic E-state index is 0.179. The average molecular weight is 437 g/mol. The summed E-state index contributed by atoms with van der Waals surface area (Å²) in [6, 6.07) is 21.6. The summed E-state index contributed by atoms with van der Waals surface area (Å²) in [6.07, 6.45) is 0. The third-order valence-electron chi connectivity index (χ3n) is 4.33. The Morgan fingerprint density at radius 1 is 0.821 bits per heavy atom. The van der Waals surface area contributed by atoms with Crippen LogP contribution in [-0.2, 0) is 9.59 Å². The molecule has 0 saturated heterocycles. The van der Waals surface area contributed by atoms with Crippen LogP contribution in [0.1, 0.15) is 5.56 Å². The summed E-state index contributed by atoms with van der Waals surface area (Å²) in [4.78, 5) is 27.4. The zero-order chi connectivity index (χ0) is 19.7. The number of carbonyl (C=O) groups is 2. The molecule has 2 amide bonds. The van der Waals surface area contributed by atoms with Crippen molar-refractivity contribution in [3.63, 3.8) is 0 Å². The number of carbonyl (C=O) groups excluding carboxylic acids is 2. The molecule has 0 bridgehead atoms. The zero-order valence-electron chi connectivity index (χ0n) is 14.5. The molecule has 0 atom stereocenters. The molecule has 1 heterocycles. The Hall–Kier alpha value is -3.25. The lowest BCUT2D eigenvalue weighted by Gasteiger charge is -2.15. The van der Waals surface area contributed by atoms with E-state index in [9.17, 15) is 14.0 Å². The van der Waals surface area contributed by atoms with Crippen molar-refractivity contribution < 1.29 is 14.0 Å². The van der Waals surface area contributed by atoms with Gasteiger partial charge in [-0.1, -0.05) is 52.3 Å². The number of hydrogen-bond acceptors (Lipinski definition) is 3. The number of rotatable bonds is 4. The molecule has 28 heavy (non-hydrogen) atoms. The predicted octanol–water partition coefficient (Wildman–Crippen LogP) is 4.98. The molecule has 0 aromatic heterocycles. The van der Waals surface area contributed by atoms with Gasteiger partial charge in [0.1, 0.15) is 11.5 Å². The van der Waals surface area contributed by atoms with E-state index < -0.39 is 17.6 Å². The second-order valence-electron chi connectivity index (χ2n) is 6.17. The monoisotopic (exact) mass is 436 g/mol. The van der Waals surface area contributed by atoms with E-state index in [1.54, 1.807) is 30.3 Å². The van der Waals surface area contributed by atoms with Crippen molar-refractivity contribution >= 4 is 44.7 Å². The van der Waals surface area contributed by atoms with Crippen molar-refractivity contribution in [1.29, 1.82) is 0 Å². The van der Waals surface area contributed by atoms with Gasteiger partial charge in [0, 0.05) is 10.2 Å². The van der Waals surface area contributed by atoms with Crippen LogP contribution in [0.3, 0.4) is 0 Å². The van der Waals surface area contributed by atoms with Crippen LogP contribution in [0.25, 0.3) is 5.57 Å². The van der Waals surface area contributed by atoms with Gasteiger partial charge in [-0.05, 0) is 48.0 Å². The lowest BCUT2D eigenvalue weighted by molar-refractivity contribution is -0.120. The Morgan fingerprint density at radius 2 is 1.54 bits per heavy atom. The molecule has 1 aliphatic rings. The van der Waals surface area contributed by atoms with E-state index in [-0.39, 0.29) is 11.3 Å². The number of anilines is 2. The largest absolute Gasteiger partial charge is 0.350 e. The van der Waals surface area contributed by atoms with Crippen LogP contribution in [0.4, 0.5) is 15.8 Å². The van der Waals surface area contributed by atoms with Gasteiger partial charge in [-0.25, -0.2) is 9.29 Å². The van der Waals surface area contributed by atoms with Crippen LogP contribution in [0.5, 0.6) is 0 Å². The van der Waals surface area contributed by atoms with E-state index in [1.165, 1.54) is 24.3 Å². The normalized spacial score (nSPS) is 14.0. The minimum Gasteiger partial charge on any atom is -0.350 e. The summed E-state index contributed by atoms with van der Waals surface area (Å²) in [5.41, 5.74) is 2.06. The van der Waals surface area contributed by atoms with Crippen LogP contribution >= 0.6 is 15.9 Å². The van der Waals surface area contributed by atoms with Crippen molar-refractivity contribution in [1.82, 2.24) is 0 Å². The SMILES string of the molecule is O=C1C(Nc2cccc(Br)c2)=C(c2ccccc2)C(=O)N1c1ccc(F)cc1. The highest BCUT2D eigenvalue weighted by molar-refractivity contribution is 9.10. The topological polar surface area (TPSA) is 49.4 Å². The van der Waals surface area contributed by atoms with Gasteiger partial charge < -0.3 is 5.32 Å². The number of amides is 2. The highest BCUT2D eigenvalue weighted by Gasteiger charge is 2.40. The molecule has 0 aliphatic carbocycles. The van der Waals surface area contributed by atoms with Gasteiger partial charge in [-0.2, -0.15) is 0 Å². The number of hydrogen-bond donors (Lipinski definition) is 1. The van der Waals surface area contributed by atoms with Crippen LogP contribution in [0.15, 0.2) is 89.0 Å². The Balaban J connectivity index is 1.81. The lowest BCUT2D eigenvalue weighted by atomic mass is 10.0. The average Bonchev–Trinajstić information content (AvgIpc) is 2.93. The van der Waals surface area contributed by atoms with E-state index in [0.29, 0.717) is 16.9 Å². The van der Waals surface area contributed by atoms with Gasteiger partial charge in [-0.3, -0.25) is 9.59 Å². The highest BCUT2D eigenvalue weighted by Crippen LogP contribution is 2.34. The highest BCUT2D eigenvalue weighted by atomic mass is 79.9. The van der Waals surface area contributed by atoms with E-state index in [1.807, 2.05) is 24.3 Å².